The van der Waals surface area contributed by atoms with E-state index in [1.54, 1.807) is 18.7 Å². The van der Waals surface area contributed by atoms with Gasteiger partial charge in [-0.2, -0.15) is 4.98 Å². The Balaban J connectivity index is 1.73. The van der Waals surface area contributed by atoms with Gasteiger partial charge in [-0.1, -0.05) is 17.8 Å². The molecule has 0 aliphatic rings. The number of nitrogens with one attached hydrogen (secondary N) is 1. The van der Waals surface area contributed by atoms with E-state index in [1.165, 1.54) is 11.8 Å². The minimum Gasteiger partial charge on any atom is -0.493 e. The lowest BCUT2D eigenvalue weighted by Crippen LogP contribution is -2.26. The van der Waals surface area contributed by atoms with Crippen molar-refractivity contribution in [2.75, 3.05) is 20.5 Å². The summed E-state index contributed by atoms with van der Waals surface area (Å²) in [5, 5.41) is 8.02. The molecule has 3 rings (SSSR count). The molecule has 1 aromatic carbocycles. The van der Waals surface area contributed by atoms with E-state index in [0.29, 0.717) is 29.0 Å². The fraction of sp³-hybridized carbons (Fsp3) is 0.368. The Labute approximate surface area is 167 Å². The fourth-order valence-corrected chi connectivity index (χ4v) is 3.28. The topological polar surface area (TPSA) is 90.6 Å². The van der Waals surface area contributed by atoms with E-state index in [-0.39, 0.29) is 12.3 Å². The molecule has 0 fully saturated rings. The van der Waals surface area contributed by atoms with Crippen LogP contribution in [0.4, 0.5) is 0 Å². The Morgan fingerprint density at radius 3 is 2.61 bits per heavy atom. The third-order valence-corrected chi connectivity index (χ3v) is 5.03. The number of rotatable bonds is 7. The highest BCUT2D eigenvalue weighted by Crippen LogP contribution is 2.27. The van der Waals surface area contributed by atoms with E-state index in [4.69, 9.17) is 9.47 Å². The Bertz CT molecular complexity index is 1020. The number of aryl methyl sites for hydroxylation is 2. The molecule has 148 valence electrons. The van der Waals surface area contributed by atoms with Crippen LogP contribution in [0.3, 0.4) is 0 Å². The van der Waals surface area contributed by atoms with Crippen LogP contribution in [-0.2, 0) is 17.8 Å². The predicted octanol–water partition coefficient (Wildman–Crippen LogP) is 2.34. The van der Waals surface area contributed by atoms with Gasteiger partial charge in [0.1, 0.15) is 0 Å². The lowest BCUT2D eigenvalue weighted by molar-refractivity contribution is -0.120. The summed E-state index contributed by atoms with van der Waals surface area (Å²) in [5.74, 6) is 1.74. The molecule has 0 saturated carbocycles. The van der Waals surface area contributed by atoms with Crippen LogP contribution in [0.2, 0.25) is 0 Å². The van der Waals surface area contributed by atoms with Crippen molar-refractivity contribution in [3.8, 4) is 11.5 Å². The molecule has 2 aromatic heterocycles. The van der Waals surface area contributed by atoms with Crippen molar-refractivity contribution >= 4 is 23.4 Å². The highest BCUT2D eigenvalue weighted by atomic mass is 32.2. The number of methoxy groups -OCH3 is 2. The zero-order valence-electron chi connectivity index (χ0n) is 16.6. The molecular formula is C19H23N5O3S. The molecule has 0 atom stereocenters. The van der Waals surface area contributed by atoms with Crippen LogP contribution < -0.4 is 14.8 Å². The smallest absolute Gasteiger partial charge is 0.253 e. The third-order valence-electron chi connectivity index (χ3n) is 4.49. The maximum Gasteiger partial charge on any atom is 0.253 e. The molecule has 1 amide bonds. The minimum atomic E-state index is -0.0904. The van der Waals surface area contributed by atoms with Gasteiger partial charge < -0.3 is 14.8 Å². The van der Waals surface area contributed by atoms with Crippen molar-refractivity contribution in [3.05, 3.63) is 40.7 Å². The van der Waals surface area contributed by atoms with Gasteiger partial charge in [-0.15, -0.1) is 5.10 Å². The number of benzene rings is 1. The van der Waals surface area contributed by atoms with Gasteiger partial charge in [0.15, 0.2) is 11.5 Å². The van der Waals surface area contributed by atoms with Crippen LogP contribution >= 0.6 is 11.8 Å². The van der Waals surface area contributed by atoms with Gasteiger partial charge in [0.25, 0.3) is 5.78 Å². The van der Waals surface area contributed by atoms with Gasteiger partial charge in [-0.25, -0.2) is 9.50 Å². The van der Waals surface area contributed by atoms with Crippen LogP contribution in [0, 0.1) is 13.8 Å². The van der Waals surface area contributed by atoms with Crippen molar-refractivity contribution in [2.45, 2.75) is 32.0 Å². The number of amides is 1. The summed E-state index contributed by atoms with van der Waals surface area (Å²) < 4.78 is 12.2. The van der Waals surface area contributed by atoms with Crippen LogP contribution in [0.15, 0.2) is 23.4 Å². The normalized spacial score (nSPS) is 10.9. The van der Waals surface area contributed by atoms with Crippen LogP contribution in [0.25, 0.3) is 5.78 Å². The van der Waals surface area contributed by atoms with Gasteiger partial charge in [0, 0.05) is 23.5 Å². The molecule has 2 heterocycles. The Hall–Kier alpha value is -2.81. The molecule has 8 nitrogen and oxygen atoms in total. The largest absolute Gasteiger partial charge is 0.493 e. The average Bonchev–Trinajstić information content (AvgIpc) is 3.12. The van der Waals surface area contributed by atoms with Crippen LogP contribution in [0.5, 0.6) is 11.5 Å². The van der Waals surface area contributed by atoms with Crippen molar-refractivity contribution in [1.82, 2.24) is 24.9 Å². The van der Waals surface area contributed by atoms with Gasteiger partial charge >= 0.3 is 0 Å². The quantitative estimate of drug-likeness (QED) is 0.608. The van der Waals surface area contributed by atoms with Crippen molar-refractivity contribution in [3.63, 3.8) is 0 Å². The molecule has 0 aliphatic carbocycles. The van der Waals surface area contributed by atoms with E-state index < -0.39 is 0 Å². The average molecular weight is 401 g/mol. The summed E-state index contributed by atoms with van der Waals surface area (Å²) in [7, 11) is 3.17. The minimum absolute atomic E-state index is 0.0904. The molecule has 0 saturated heterocycles. The summed E-state index contributed by atoms with van der Waals surface area (Å²) in [6.07, 6.45) is 2.14. The van der Waals surface area contributed by atoms with Crippen molar-refractivity contribution in [1.29, 1.82) is 0 Å². The fourth-order valence-electron chi connectivity index (χ4n) is 2.95. The summed E-state index contributed by atoms with van der Waals surface area (Å²) in [5.41, 5.74) is 3.44. The molecule has 0 aliphatic heterocycles. The van der Waals surface area contributed by atoms with Crippen LogP contribution in [0.1, 0.15) is 22.5 Å². The summed E-state index contributed by atoms with van der Waals surface area (Å²) in [4.78, 5) is 21.4. The molecule has 0 unspecified atom stereocenters. The predicted molar refractivity (Wildman–Crippen MR) is 107 cm³/mol. The van der Waals surface area contributed by atoms with E-state index in [1.807, 2.05) is 38.3 Å². The van der Waals surface area contributed by atoms with Gasteiger partial charge in [-0.05, 0) is 37.8 Å². The molecule has 28 heavy (non-hydrogen) atoms. The number of aromatic nitrogens is 4. The molecule has 3 aromatic rings. The highest BCUT2D eigenvalue weighted by Gasteiger charge is 2.16. The van der Waals surface area contributed by atoms with Gasteiger partial charge in [-0.3, -0.25) is 4.79 Å². The summed E-state index contributed by atoms with van der Waals surface area (Å²) in [6, 6.07) is 5.56. The Kier molecular flexibility index (Phi) is 6.03. The zero-order chi connectivity index (χ0) is 20.3. The maximum absolute atomic E-state index is 12.5. The maximum atomic E-state index is 12.5. The number of nitrogens with zero attached hydrogens (tertiary/aromatic N) is 4. The number of ether oxygens (including phenoxy) is 2. The highest BCUT2D eigenvalue weighted by molar-refractivity contribution is 7.98. The zero-order valence-corrected chi connectivity index (χ0v) is 17.4. The lowest BCUT2D eigenvalue weighted by atomic mass is 10.1. The Morgan fingerprint density at radius 2 is 1.93 bits per heavy atom. The number of carbonyl (C=O) groups is 1. The molecule has 0 bridgehead atoms. The first-order valence-corrected chi connectivity index (χ1v) is 9.93. The van der Waals surface area contributed by atoms with E-state index >= 15 is 0 Å². The number of fused-ring (bicyclic) bond motifs is 1. The van der Waals surface area contributed by atoms with E-state index in [9.17, 15) is 4.79 Å². The second-order valence-corrected chi connectivity index (χ2v) is 6.99. The summed E-state index contributed by atoms with van der Waals surface area (Å²) in [6.45, 7) is 4.21. The first-order valence-electron chi connectivity index (χ1n) is 8.71. The standard InChI is InChI=1S/C19H23N5O3S/c1-11-14(12(2)24-18(21-11)22-19(23-24)28-5)9-17(25)20-10-13-6-7-15(26-3)16(8-13)27-4/h6-8H,9-10H2,1-5H3,(H,20,25). The first kappa shape index (κ1) is 19.9. The van der Waals surface area contributed by atoms with E-state index in [2.05, 4.69) is 20.4 Å². The lowest BCUT2D eigenvalue weighted by Gasteiger charge is -2.12. The second-order valence-electron chi connectivity index (χ2n) is 6.21. The molecule has 0 radical (unpaired) electrons. The molecule has 1 N–H and O–H groups in total. The first-order chi connectivity index (χ1) is 13.5. The van der Waals surface area contributed by atoms with Crippen molar-refractivity contribution < 1.29 is 14.3 Å². The Morgan fingerprint density at radius 1 is 1.18 bits per heavy atom. The molecule has 0 spiro atoms. The number of carbonyl (C=O) groups excluding carboxylic acids is 1. The molecule has 9 heteroatoms. The van der Waals surface area contributed by atoms with Crippen molar-refractivity contribution in [2.24, 2.45) is 0 Å². The number of hydrogen-bond acceptors (Lipinski definition) is 7. The third kappa shape index (κ3) is 4.04. The number of thioether (sulfide) groups is 1. The van der Waals surface area contributed by atoms with Crippen LogP contribution in [-0.4, -0.2) is 46.0 Å². The number of hydrogen-bond donors (Lipinski definition) is 1. The second kappa shape index (κ2) is 8.47. The molecular weight excluding hydrogens is 378 g/mol. The van der Waals surface area contributed by atoms with Gasteiger partial charge in [0.2, 0.25) is 11.1 Å². The SMILES string of the molecule is COc1ccc(CNC(=O)Cc2c(C)nc3nc(SC)nn3c2C)cc1OC. The van der Waals surface area contributed by atoms with E-state index in [0.717, 1.165) is 22.5 Å². The monoisotopic (exact) mass is 401 g/mol. The van der Waals surface area contributed by atoms with Gasteiger partial charge in [0.05, 0.1) is 20.6 Å². The summed E-state index contributed by atoms with van der Waals surface area (Å²) >= 11 is 1.46.